The minimum atomic E-state index is 0.501. The second-order valence-corrected chi connectivity index (χ2v) is 4.96. The van der Waals surface area contributed by atoms with Crippen LogP contribution >= 0.6 is 0 Å². The first kappa shape index (κ1) is 11.4. The molecule has 3 rings (SSSR count). The van der Waals surface area contributed by atoms with E-state index in [1.807, 2.05) is 6.92 Å². The van der Waals surface area contributed by atoms with Crippen molar-refractivity contribution in [2.45, 2.75) is 19.9 Å². The van der Waals surface area contributed by atoms with Gasteiger partial charge in [0.1, 0.15) is 0 Å². The molecule has 0 radical (unpaired) electrons. The number of benzene rings is 1. The van der Waals surface area contributed by atoms with Gasteiger partial charge in [0.25, 0.3) is 0 Å². The van der Waals surface area contributed by atoms with Crippen molar-refractivity contribution < 1.29 is 0 Å². The number of aryl methyl sites for hydroxylation is 1. The third kappa shape index (κ3) is 1.93. The highest BCUT2D eigenvalue weighted by molar-refractivity contribution is 5.93. The van der Waals surface area contributed by atoms with Crippen LogP contribution in [0.3, 0.4) is 0 Å². The second-order valence-electron chi connectivity index (χ2n) is 4.96. The van der Waals surface area contributed by atoms with Crippen LogP contribution < -0.4 is 10.2 Å². The van der Waals surface area contributed by atoms with Crippen LogP contribution in [0, 0.1) is 6.92 Å². The van der Waals surface area contributed by atoms with Gasteiger partial charge in [-0.15, -0.1) is 5.10 Å². The molecule has 0 saturated carbocycles. The van der Waals surface area contributed by atoms with Crippen molar-refractivity contribution in [1.29, 1.82) is 0 Å². The van der Waals surface area contributed by atoms with Gasteiger partial charge in [0, 0.05) is 36.4 Å². The largest absolute Gasteiger partial charge is 0.352 e. The molecular weight excluding hydrogens is 224 g/mol. The summed E-state index contributed by atoms with van der Waals surface area (Å²) in [5.74, 6) is 1.02. The van der Waals surface area contributed by atoms with Crippen LogP contribution in [0.5, 0.6) is 0 Å². The molecule has 94 valence electrons. The first-order valence-corrected chi connectivity index (χ1v) is 6.46. The van der Waals surface area contributed by atoms with Gasteiger partial charge in [-0.2, -0.15) is 5.10 Å². The van der Waals surface area contributed by atoms with Gasteiger partial charge in [-0.25, -0.2) is 0 Å². The molecule has 1 saturated heterocycles. The summed E-state index contributed by atoms with van der Waals surface area (Å²) >= 11 is 0. The van der Waals surface area contributed by atoms with Crippen LogP contribution in [0.1, 0.15) is 12.6 Å². The number of hydrogen-bond donors (Lipinski definition) is 1. The number of fused-ring (bicyclic) bond motifs is 1. The van der Waals surface area contributed by atoms with Crippen molar-refractivity contribution in [3.05, 3.63) is 30.0 Å². The summed E-state index contributed by atoms with van der Waals surface area (Å²) in [6.45, 7) is 7.20. The fraction of sp³-hybridized carbons (Fsp3) is 0.429. The van der Waals surface area contributed by atoms with Crippen LogP contribution in [0.25, 0.3) is 10.8 Å². The molecule has 4 heteroatoms. The molecule has 1 aliphatic heterocycles. The molecule has 1 unspecified atom stereocenters. The van der Waals surface area contributed by atoms with Crippen molar-refractivity contribution in [3.8, 4) is 0 Å². The summed E-state index contributed by atoms with van der Waals surface area (Å²) < 4.78 is 0. The molecule has 4 nitrogen and oxygen atoms in total. The summed E-state index contributed by atoms with van der Waals surface area (Å²) in [6.07, 6.45) is 0. The van der Waals surface area contributed by atoms with Gasteiger partial charge in [-0.05, 0) is 13.8 Å². The van der Waals surface area contributed by atoms with E-state index in [4.69, 9.17) is 0 Å². The standard InChI is InChI=1S/C14H18N4/c1-10-9-18(8-7-15-10)14-13-6-4-3-5-12(13)11(2)16-17-14/h3-6,10,15H,7-9H2,1-2H3. The molecule has 2 heterocycles. The van der Waals surface area contributed by atoms with Gasteiger partial charge in [-0.1, -0.05) is 24.3 Å². The predicted octanol–water partition coefficient (Wildman–Crippen LogP) is 1.74. The van der Waals surface area contributed by atoms with E-state index in [0.29, 0.717) is 6.04 Å². The lowest BCUT2D eigenvalue weighted by Crippen LogP contribution is -2.49. The van der Waals surface area contributed by atoms with E-state index in [1.54, 1.807) is 0 Å². The lowest BCUT2D eigenvalue weighted by Gasteiger charge is -2.33. The summed E-state index contributed by atoms with van der Waals surface area (Å²) in [6, 6.07) is 8.88. The van der Waals surface area contributed by atoms with Crippen molar-refractivity contribution >= 4 is 16.6 Å². The Morgan fingerprint density at radius 1 is 1.22 bits per heavy atom. The molecule has 0 aliphatic carbocycles. The van der Waals surface area contributed by atoms with Crippen molar-refractivity contribution in [1.82, 2.24) is 15.5 Å². The highest BCUT2D eigenvalue weighted by Gasteiger charge is 2.19. The number of hydrogen-bond acceptors (Lipinski definition) is 4. The van der Waals surface area contributed by atoms with Gasteiger partial charge >= 0.3 is 0 Å². The van der Waals surface area contributed by atoms with E-state index in [9.17, 15) is 0 Å². The number of nitrogens with one attached hydrogen (secondary N) is 1. The topological polar surface area (TPSA) is 41.1 Å². The Morgan fingerprint density at radius 2 is 2.00 bits per heavy atom. The average molecular weight is 242 g/mol. The van der Waals surface area contributed by atoms with Crippen LogP contribution in [-0.4, -0.2) is 35.9 Å². The fourth-order valence-corrected chi connectivity index (χ4v) is 2.58. The third-order valence-corrected chi connectivity index (χ3v) is 3.52. The van der Waals surface area contributed by atoms with Gasteiger partial charge in [0.05, 0.1) is 5.69 Å². The quantitative estimate of drug-likeness (QED) is 0.827. The minimum Gasteiger partial charge on any atom is -0.352 e. The molecule has 1 aromatic heterocycles. The summed E-state index contributed by atoms with van der Waals surface area (Å²) in [5, 5.41) is 14.6. The van der Waals surface area contributed by atoms with E-state index in [-0.39, 0.29) is 0 Å². The third-order valence-electron chi connectivity index (χ3n) is 3.52. The Kier molecular flexibility index (Phi) is 2.88. The van der Waals surface area contributed by atoms with E-state index >= 15 is 0 Å². The van der Waals surface area contributed by atoms with E-state index in [2.05, 4.69) is 51.6 Å². The Balaban J connectivity index is 2.09. The maximum atomic E-state index is 4.41. The first-order valence-electron chi connectivity index (χ1n) is 6.46. The molecular formula is C14H18N4. The highest BCUT2D eigenvalue weighted by Crippen LogP contribution is 2.25. The molecule has 18 heavy (non-hydrogen) atoms. The SMILES string of the molecule is Cc1nnc(N2CCNC(C)C2)c2ccccc12. The molecule has 0 amide bonds. The predicted molar refractivity (Wildman–Crippen MR) is 74.0 cm³/mol. The zero-order chi connectivity index (χ0) is 12.5. The monoisotopic (exact) mass is 242 g/mol. The van der Waals surface area contributed by atoms with Gasteiger partial charge in [-0.3, -0.25) is 0 Å². The summed E-state index contributed by atoms with van der Waals surface area (Å²) in [4.78, 5) is 2.33. The Labute approximate surface area is 107 Å². The normalized spacial score (nSPS) is 20.3. The highest BCUT2D eigenvalue weighted by atomic mass is 15.3. The van der Waals surface area contributed by atoms with Gasteiger partial charge in [0.2, 0.25) is 0 Å². The van der Waals surface area contributed by atoms with Crippen molar-refractivity contribution in [2.24, 2.45) is 0 Å². The smallest absolute Gasteiger partial charge is 0.159 e. The van der Waals surface area contributed by atoms with Crippen LogP contribution in [0.15, 0.2) is 24.3 Å². The first-order chi connectivity index (χ1) is 8.75. The Morgan fingerprint density at radius 3 is 2.78 bits per heavy atom. The zero-order valence-electron chi connectivity index (χ0n) is 10.8. The lowest BCUT2D eigenvalue weighted by atomic mass is 10.1. The maximum absolute atomic E-state index is 4.41. The maximum Gasteiger partial charge on any atom is 0.159 e. The summed E-state index contributed by atoms with van der Waals surface area (Å²) in [7, 11) is 0. The van der Waals surface area contributed by atoms with Gasteiger partial charge < -0.3 is 10.2 Å². The van der Waals surface area contributed by atoms with E-state index in [1.165, 1.54) is 10.8 Å². The van der Waals surface area contributed by atoms with Crippen LogP contribution in [0.4, 0.5) is 5.82 Å². The van der Waals surface area contributed by atoms with Crippen LogP contribution in [0.2, 0.25) is 0 Å². The van der Waals surface area contributed by atoms with Gasteiger partial charge in [0.15, 0.2) is 5.82 Å². The van der Waals surface area contributed by atoms with E-state index in [0.717, 1.165) is 31.1 Å². The lowest BCUT2D eigenvalue weighted by molar-refractivity contribution is 0.482. The second kappa shape index (κ2) is 4.53. The molecule has 1 fully saturated rings. The zero-order valence-corrected chi connectivity index (χ0v) is 10.8. The summed E-state index contributed by atoms with van der Waals surface area (Å²) in [5.41, 5.74) is 0.998. The molecule has 1 aliphatic rings. The Hall–Kier alpha value is -1.68. The Bertz CT molecular complexity index is 567. The number of rotatable bonds is 1. The molecule has 2 aromatic rings. The number of aromatic nitrogens is 2. The fourth-order valence-electron chi connectivity index (χ4n) is 2.58. The molecule has 0 spiro atoms. The minimum absolute atomic E-state index is 0.501. The number of piperazine rings is 1. The molecule has 0 bridgehead atoms. The van der Waals surface area contributed by atoms with E-state index < -0.39 is 0 Å². The van der Waals surface area contributed by atoms with Crippen molar-refractivity contribution in [2.75, 3.05) is 24.5 Å². The molecule has 1 aromatic carbocycles. The number of anilines is 1. The van der Waals surface area contributed by atoms with Crippen LogP contribution in [-0.2, 0) is 0 Å². The molecule has 1 N–H and O–H groups in total. The average Bonchev–Trinajstić information content (AvgIpc) is 2.39. The number of nitrogens with zero attached hydrogens (tertiary/aromatic N) is 3. The van der Waals surface area contributed by atoms with Crippen molar-refractivity contribution in [3.63, 3.8) is 0 Å². The molecule has 1 atom stereocenters.